The Morgan fingerprint density at radius 1 is 1.42 bits per heavy atom. The van der Waals surface area contributed by atoms with E-state index in [4.69, 9.17) is 9.72 Å². The Bertz CT molecular complexity index is 853. The second kappa shape index (κ2) is 6.97. The van der Waals surface area contributed by atoms with Crippen molar-refractivity contribution < 1.29 is 9.53 Å². The van der Waals surface area contributed by atoms with Gasteiger partial charge in [0.15, 0.2) is 0 Å². The van der Waals surface area contributed by atoms with E-state index in [1.54, 1.807) is 29.1 Å². The maximum atomic E-state index is 11.7. The Kier molecular flexibility index (Phi) is 4.76. The Labute approximate surface area is 144 Å². The fourth-order valence-electron chi connectivity index (χ4n) is 2.40. The van der Waals surface area contributed by atoms with Crippen molar-refractivity contribution in [2.45, 2.75) is 26.8 Å². The lowest BCUT2D eigenvalue weighted by Crippen LogP contribution is -2.07. The molecule has 0 aliphatic carbocycles. The third-order valence-corrected chi connectivity index (χ3v) is 4.72. The Balaban J connectivity index is 1.81. The molecule has 6 heteroatoms. The number of hydrogen-bond donors (Lipinski definition) is 0. The first-order valence-electron chi connectivity index (χ1n) is 7.82. The van der Waals surface area contributed by atoms with Crippen LogP contribution in [0.4, 0.5) is 0 Å². The summed E-state index contributed by atoms with van der Waals surface area (Å²) < 4.78 is 6.74. The predicted molar refractivity (Wildman–Crippen MR) is 94.3 cm³/mol. The first-order chi connectivity index (χ1) is 11.6. The van der Waals surface area contributed by atoms with Crippen LogP contribution in [0.5, 0.6) is 0 Å². The third-order valence-electron chi connectivity index (χ3n) is 3.70. The quantitative estimate of drug-likeness (QED) is 0.656. The maximum absolute atomic E-state index is 11.7. The molecule has 0 fully saturated rings. The van der Waals surface area contributed by atoms with Gasteiger partial charge in [-0.15, -0.1) is 11.3 Å². The highest BCUT2D eigenvalue weighted by Gasteiger charge is 2.17. The molecule has 1 aromatic carbocycles. The molecule has 0 spiro atoms. The van der Waals surface area contributed by atoms with Crippen molar-refractivity contribution in [1.29, 1.82) is 0 Å². The van der Waals surface area contributed by atoms with E-state index in [-0.39, 0.29) is 12.0 Å². The molecule has 5 nitrogen and oxygen atoms in total. The minimum atomic E-state index is -0.351. The lowest BCUT2D eigenvalue weighted by Gasteiger charge is -2.08. The minimum absolute atomic E-state index is 0.0447. The largest absolute Gasteiger partial charge is 0.462 e. The summed E-state index contributed by atoms with van der Waals surface area (Å²) in [5, 5.41) is 7.28. The van der Waals surface area contributed by atoms with Crippen LogP contribution in [0.15, 0.2) is 42.0 Å². The van der Waals surface area contributed by atoms with Crippen molar-refractivity contribution in [3.8, 4) is 11.3 Å². The number of aryl methyl sites for hydroxylation is 1. The summed E-state index contributed by atoms with van der Waals surface area (Å²) in [5.74, 6) is -0.351. The van der Waals surface area contributed by atoms with Gasteiger partial charge < -0.3 is 4.74 Å². The summed E-state index contributed by atoms with van der Waals surface area (Å²) in [6, 6.07) is 8.24. The van der Waals surface area contributed by atoms with Crippen molar-refractivity contribution >= 4 is 17.3 Å². The van der Waals surface area contributed by atoms with E-state index in [9.17, 15) is 4.79 Å². The third kappa shape index (κ3) is 3.38. The number of benzene rings is 1. The summed E-state index contributed by atoms with van der Waals surface area (Å²) in [4.78, 5) is 16.5. The van der Waals surface area contributed by atoms with Crippen LogP contribution >= 0.6 is 11.3 Å². The van der Waals surface area contributed by atoms with E-state index in [2.05, 4.69) is 35.6 Å². The van der Waals surface area contributed by atoms with Gasteiger partial charge in [-0.25, -0.2) is 9.78 Å². The fraction of sp³-hybridized carbons (Fsp3) is 0.278. The zero-order valence-electron chi connectivity index (χ0n) is 13.9. The van der Waals surface area contributed by atoms with E-state index < -0.39 is 0 Å². The van der Waals surface area contributed by atoms with Gasteiger partial charge >= 0.3 is 5.97 Å². The van der Waals surface area contributed by atoms with Crippen LogP contribution < -0.4 is 0 Å². The molecule has 3 aromatic rings. The molecule has 0 N–H and O–H groups in total. The van der Waals surface area contributed by atoms with Crippen LogP contribution in [-0.4, -0.2) is 27.3 Å². The number of hydrogen-bond acceptors (Lipinski definition) is 5. The van der Waals surface area contributed by atoms with Gasteiger partial charge in [-0.2, -0.15) is 5.10 Å². The summed E-state index contributed by atoms with van der Waals surface area (Å²) in [6.45, 7) is 6.22. The minimum Gasteiger partial charge on any atom is -0.462 e. The van der Waals surface area contributed by atoms with Gasteiger partial charge in [0, 0.05) is 17.1 Å². The molecule has 0 saturated heterocycles. The van der Waals surface area contributed by atoms with Crippen molar-refractivity contribution in [2.24, 2.45) is 0 Å². The smallest absolute Gasteiger partial charge is 0.341 e. The number of carbonyl (C=O) groups is 1. The molecule has 0 bridgehead atoms. The van der Waals surface area contributed by atoms with Crippen LogP contribution in [-0.2, 0) is 4.74 Å². The van der Waals surface area contributed by atoms with Crippen molar-refractivity contribution in [3.63, 3.8) is 0 Å². The van der Waals surface area contributed by atoms with Crippen LogP contribution in [0, 0.1) is 6.92 Å². The van der Waals surface area contributed by atoms with Gasteiger partial charge in [-0.05, 0) is 26.8 Å². The SMILES string of the molecule is CCOC(=O)c1cnn(C(C)c2nc(-c3cccc(C)c3)cs2)c1. The molecule has 0 saturated carbocycles. The Morgan fingerprint density at radius 2 is 2.25 bits per heavy atom. The molecule has 0 radical (unpaired) electrons. The number of nitrogens with zero attached hydrogens (tertiary/aromatic N) is 3. The lowest BCUT2D eigenvalue weighted by molar-refractivity contribution is 0.0526. The molecule has 2 aromatic heterocycles. The van der Waals surface area contributed by atoms with E-state index in [1.807, 2.05) is 13.0 Å². The molecule has 2 heterocycles. The zero-order chi connectivity index (χ0) is 17.1. The molecular formula is C18H19N3O2S. The number of thiazole rings is 1. The average molecular weight is 341 g/mol. The average Bonchev–Trinajstić information content (AvgIpc) is 3.24. The monoisotopic (exact) mass is 341 g/mol. The van der Waals surface area contributed by atoms with Crippen molar-refractivity contribution in [1.82, 2.24) is 14.8 Å². The molecule has 24 heavy (non-hydrogen) atoms. The van der Waals surface area contributed by atoms with Gasteiger partial charge in [0.25, 0.3) is 0 Å². The second-order valence-electron chi connectivity index (χ2n) is 5.55. The summed E-state index contributed by atoms with van der Waals surface area (Å²) in [6.07, 6.45) is 3.24. The molecule has 0 aliphatic heterocycles. The number of esters is 1. The molecule has 1 atom stereocenters. The number of aromatic nitrogens is 3. The van der Waals surface area contributed by atoms with Crippen molar-refractivity contribution in [2.75, 3.05) is 6.61 Å². The van der Waals surface area contributed by atoms with Gasteiger partial charge in [-0.3, -0.25) is 4.68 Å². The first kappa shape index (κ1) is 16.4. The summed E-state index contributed by atoms with van der Waals surface area (Å²) >= 11 is 1.59. The first-order valence-corrected chi connectivity index (χ1v) is 8.70. The highest BCUT2D eigenvalue weighted by atomic mass is 32.1. The predicted octanol–water partition coefficient (Wildman–Crippen LogP) is 4.10. The van der Waals surface area contributed by atoms with E-state index in [0.717, 1.165) is 16.3 Å². The van der Waals surface area contributed by atoms with Gasteiger partial charge in [0.05, 0.1) is 24.1 Å². The fourth-order valence-corrected chi connectivity index (χ4v) is 3.28. The molecule has 0 aliphatic rings. The van der Waals surface area contributed by atoms with Gasteiger partial charge in [-0.1, -0.05) is 23.8 Å². The summed E-state index contributed by atoms with van der Waals surface area (Å²) in [7, 11) is 0. The Morgan fingerprint density at radius 3 is 3.00 bits per heavy atom. The molecule has 1 unspecified atom stereocenters. The standard InChI is InChI=1S/C18H19N3O2S/c1-4-23-18(22)15-9-19-21(10-15)13(3)17-20-16(11-24-17)14-7-5-6-12(2)8-14/h5-11,13H,4H2,1-3H3. The van der Waals surface area contributed by atoms with Crippen LogP contribution in [0.3, 0.4) is 0 Å². The molecular weight excluding hydrogens is 322 g/mol. The second-order valence-corrected chi connectivity index (χ2v) is 6.44. The van der Waals surface area contributed by atoms with Crippen LogP contribution in [0.25, 0.3) is 11.3 Å². The molecule has 124 valence electrons. The topological polar surface area (TPSA) is 57.0 Å². The maximum Gasteiger partial charge on any atom is 0.341 e. The normalized spacial score (nSPS) is 12.1. The highest BCUT2D eigenvalue weighted by molar-refractivity contribution is 7.10. The summed E-state index contributed by atoms with van der Waals surface area (Å²) in [5.41, 5.74) is 3.74. The van der Waals surface area contributed by atoms with Crippen LogP contribution in [0.2, 0.25) is 0 Å². The van der Waals surface area contributed by atoms with Gasteiger partial charge in [0.2, 0.25) is 0 Å². The van der Waals surface area contributed by atoms with E-state index in [1.165, 1.54) is 11.8 Å². The van der Waals surface area contributed by atoms with E-state index in [0.29, 0.717) is 12.2 Å². The zero-order valence-corrected chi connectivity index (χ0v) is 14.7. The Hall–Kier alpha value is -2.47. The lowest BCUT2D eigenvalue weighted by atomic mass is 10.1. The van der Waals surface area contributed by atoms with Gasteiger partial charge in [0.1, 0.15) is 11.0 Å². The number of ether oxygens (including phenoxy) is 1. The molecule has 3 rings (SSSR count). The number of rotatable bonds is 5. The highest BCUT2D eigenvalue weighted by Crippen LogP contribution is 2.27. The van der Waals surface area contributed by atoms with E-state index >= 15 is 0 Å². The number of carbonyl (C=O) groups excluding carboxylic acids is 1. The van der Waals surface area contributed by atoms with Crippen LogP contribution in [0.1, 0.15) is 40.8 Å². The van der Waals surface area contributed by atoms with Crippen molar-refractivity contribution in [3.05, 3.63) is 58.2 Å². The molecule has 0 amide bonds.